The molecule has 3 rings (SSSR count). The third kappa shape index (κ3) is 2.02. The van der Waals surface area contributed by atoms with Gasteiger partial charge in [0, 0.05) is 13.0 Å². The number of Topliss-reactive ketones (excluding diaryl/α,β-unsaturated/α-hetero) is 1. The summed E-state index contributed by atoms with van der Waals surface area (Å²) in [4.78, 5) is 11.6. The predicted molar refractivity (Wildman–Crippen MR) is 59.0 cm³/mol. The molecule has 1 aromatic rings. The monoisotopic (exact) mass is 292 g/mol. The Morgan fingerprint density at radius 3 is 2.65 bits per heavy atom. The molecule has 0 spiro atoms. The summed E-state index contributed by atoms with van der Waals surface area (Å²) in [6.07, 6.45) is -5.56. The Morgan fingerprint density at radius 1 is 1.30 bits per heavy atom. The van der Waals surface area contributed by atoms with Crippen molar-refractivity contribution in [2.45, 2.75) is 44.3 Å². The molecular weight excluding hydrogens is 280 g/mol. The summed E-state index contributed by atoms with van der Waals surface area (Å²) in [5.74, 6) is -1.13. The van der Waals surface area contributed by atoms with Crippen molar-refractivity contribution >= 4 is 5.78 Å². The molecule has 1 aromatic heterocycles. The molecule has 1 aliphatic heterocycles. The van der Waals surface area contributed by atoms with Crippen LogP contribution >= 0.6 is 0 Å². The first kappa shape index (κ1) is 13.5. The van der Waals surface area contributed by atoms with Crippen LogP contribution < -0.4 is 0 Å². The zero-order valence-corrected chi connectivity index (χ0v) is 10.4. The maximum absolute atomic E-state index is 13.5. The van der Waals surface area contributed by atoms with Gasteiger partial charge in [0.2, 0.25) is 5.78 Å². The van der Waals surface area contributed by atoms with Gasteiger partial charge in [0.15, 0.2) is 11.9 Å². The van der Waals surface area contributed by atoms with E-state index in [4.69, 9.17) is 4.74 Å². The Kier molecular flexibility index (Phi) is 3.07. The van der Waals surface area contributed by atoms with E-state index in [1.54, 1.807) is 0 Å². The number of aromatic nitrogens is 2. The molecule has 1 fully saturated rings. The molecule has 2 atom stereocenters. The molecular formula is C12H12F4N2O2. The number of nitrogens with zero attached hydrogens (tertiary/aromatic N) is 2. The number of ether oxygens (including phenoxy) is 1. The second-order valence-electron chi connectivity index (χ2n) is 4.97. The van der Waals surface area contributed by atoms with E-state index >= 15 is 0 Å². The topological polar surface area (TPSA) is 44.1 Å². The van der Waals surface area contributed by atoms with E-state index in [9.17, 15) is 22.4 Å². The van der Waals surface area contributed by atoms with E-state index in [0.29, 0.717) is 13.0 Å². The summed E-state index contributed by atoms with van der Waals surface area (Å²) < 4.78 is 58.7. The summed E-state index contributed by atoms with van der Waals surface area (Å²) >= 11 is 0. The van der Waals surface area contributed by atoms with Gasteiger partial charge in [-0.1, -0.05) is 0 Å². The van der Waals surface area contributed by atoms with Crippen LogP contribution in [0.4, 0.5) is 17.6 Å². The van der Waals surface area contributed by atoms with Crippen molar-refractivity contribution in [1.29, 1.82) is 0 Å². The predicted octanol–water partition coefficient (Wildman–Crippen LogP) is 2.68. The number of ketones is 1. The second-order valence-corrected chi connectivity index (χ2v) is 4.97. The molecule has 8 heteroatoms. The Balaban J connectivity index is 2.08. The van der Waals surface area contributed by atoms with E-state index in [2.05, 4.69) is 5.10 Å². The summed E-state index contributed by atoms with van der Waals surface area (Å²) in [6, 6.07) is 0. The van der Waals surface area contributed by atoms with Gasteiger partial charge in [0.25, 0.3) is 0 Å². The average Bonchev–Trinajstić information content (AvgIpc) is 2.89. The van der Waals surface area contributed by atoms with Crippen LogP contribution in [-0.4, -0.2) is 28.3 Å². The second kappa shape index (κ2) is 4.54. The van der Waals surface area contributed by atoms with Gasteiger partial charge in [-0.3, -0.25) is 4.79 Å². The zero-order valence-electron chi connectivity index (χ0n) is 10.4. The van der Waals surface area contributed by atoms with Crippen LogP contribution in [0.3, 0.4) is 0 Å². The Morgan fingerprint density at radius 2 is 2.05 bits per heavy atom. The van der Waals surface area contributed by atoms with Crippen molar-refractivity contribution in [2.75, 3.05) is 6.61 Å². The molecule has 0 bridgehead atoms. The first-order valence-corrected chi connectivity index (χ1v) is 6.38. The minimum Gasteiger partial charge on any atom is -0.357 e. The van der Waals surface area contributed by atoms with Crippen molar-refractivity contribution in [3.63, 3.8) is 0 Å². The third-order valence-electron chi connectivity index (χ3n) is 3.61. The molecule has 2 aliphatic rings. The first-order chi connectivity index (χ1) is 9.39. The molecule has 4 nitrogen and oxygen atoms in total. The lowest BCUT2D eigenvalue weighted by Gasteiger charge is -2.24. The van der Waals surface area contributed by atoms with Crippen molar-refractivity contribution < 1.29 is 27.1 Å². The highest BCUT2D eigenvalue weighted by atomic mass is 19.4. The minimum atomic E-state index is -4.77. The fourth-order valence-electron chi connectivity index (χ4n) is 2.70. The Labute approximate surface area is 111 Å². The van der Waals surface area contributed by atoms with E-state index in [1.165, 1.54) is 0 Å². The van der Waals surface area contributed by atoms with Gasteiger partial charge in [0.05, 0.1) is 11.3 Å². The number of carbonyl (C=O) groups is 1. The highest BCUT2D eigenvalue weighted by Gasteiger charge is 2.47. The van der Waals surface area contributed by atoms with E-state index in [1.807, 2.05) is 0 Å². The Hall–Kier alpha value is -1.44. The fourth-order valence-corrected chi connectivity index (χ4v) is 2.70. The zero-order chi connectivity index (χ0) is 14.5. The normalized spacial score (nSPS) is 26.9. The molecule has 2 heterocycles. The van der Waals surface area contributed by atoms with Crippen LogP contribution in [0.1, 0.15) is 47.2 Å². The van der Waals surface area contributed by atoms with Gasteiger partial charge in [-0.2, -0.15) is 18.3 Å². The van der Waals surface area contributed by atoms with Crippen LogP contribution in [0.15, 0.2) is 0 Å². The number of alkyl halides is 4. The lowest BCUT2D eigenvalue weighted by molar-refractivity contribution is -0.142. The molecule has 0 N–H and O–H groups in total. The van der Waals surface area contributed by atoms with E-state index < -0.39 is 35.6 Å². The lowest BCUT2D eigenvalue weighted by atomic mass is 10.1. The molecule has 0 amide bonds. The molecule has 110 valence electrons. The molecule has 0 aromatic carbocycles. The number of fused-ring (bicyclic) bond motifs is 1. The number of halogens is 4. The quantitative estimate of drug-likeness (QED) is 0.747. The van der Waals surface area contributed by atoms with Crippen LogP contribution in [0.2, 0.25) is 0 Å². The minimum absolute atomic E-state index is 0.00160. The summed E-state index contributed by atoms with van der Waals surface area (Å²) in [5, 5.41) is 3.49. The summed E-state index contributed by atoms with van der Waals surface area (Å²) in [5.41, 5.74) is -1.92. The standard InChI is InChI=1S/C12H12F4N2O2/c13-6-5-7-9(10(6)19)11(12(14,15)16)17-18(7)8-3-1-2-4-20-8/h6,8H,1-5H2. The third-order valence-corrected chi connectivity index (χ3v) is 3.61. The largest absolute Gasteiger partial charge is 0.435 e. The van der Waals surface area contributed by atoms with Gasteiger partial charge in [-0.15, -0.1) is 0 Å². The fraction of sp³-hybridized carbons (Fsp3) is 0.667. The lowest BCUT2D eigenvalue weighted by Crippen LogP contribution is -2.22. The molecule has 0 saturated carbocycles. The molecule has 2 unspecified atom stereocenters. The number of rotatable bonds is 1. The van der Waals surface area contributed by atoms with Gasteiger partial charge in [0.1, 0.15) is 6.23 Å². The molecule has 1 aliphatic carbocycles. The van der Waals surface area contributed by atoms with Crippen LogP contribution in [-0.2, 0) is 17.3 Å². The van der Waals surface area contributed by atoms with Gasteiger partial charge in [-0.05, 0) is 19.3 Å². The van der Waals surface area contributed by atoms with E-state index in [0.717, 1.165) is 17.5 Å². The first-order valence-electron chi connectivity index (χ1n) is 6.38. The average molecular weight is 292 g/mol. The van der Waals surface area contributed by atoms with E-state index in [-0.39, 0.29) is 12.1 Å². The maximum atomic E-state index is 13.5. The summed E-state index contributed by atoms with van der Waals surface area (Å²) in [6.45, 7) is 0.424. The van der Waals surface area contributed by atoms with Crippen LogP contribution in [0, 0.1) is 0 Å². The maximum Gasteiger partial charge on any atom is 0.435 e. The van der Waals surface area contributed by atoms with Crippen molar-refractivity contribution in [3.8, 4) is 0 Å². The number of hydrogen-bond donors (Lipinski definition) is 0. The SMILES string of the molecule is O=C1c2c(C(F)(F)F)nn(C3CCCCO3)c2CC1F. The Bertz CT molecular complexity index is 546. The van der Waals surface area contributed by atoms with Crippen molar-refractivity contribution in [2.24, 2.45) is 0 Å². The number of carbonyl (C=O) groups excluding carboxylic acids is 1. The van der Waals surface area contributed by atoms with Crippen molar-refractivity contribution in [3.05, 3.63) is 17.0 Å². The molecule has 0 radical (unpaired) electrons. The van der Waals surface area contributed by atoms with Gasteiger partial charge < -0.3 is 4.74 Å². The van der Waals surface area contributed by atoms with Crippen molar-refractivity contribution in [1.82, 2.24) is 9.78 Å². The molecule has 1 saturated heterocycles. The smallest absolute Gasteiger partial charge is 0.357 e. The van der Waals surface area contributed by atoms with Crippen LogP contribution in [0.5, 0.6) is 0 Å². The highest BCUT2D eigenvalue weighted by molar-refractivity contribution is 6.04. The highest BCUT2D eigenvalue weighted by Crippen LogP contribution is 2.39. The summed E-state index contributed by atoms with van der Waals surface area (Å²) in [7, 11) is 0. The van der Waals surface area contributed by atoms with Gasteiger partial charge in [-0.25, -0.2) is 9.07 Å². The molecule has 20 heavy (non-hydrogen) atoms. The van der Waals surface area contributed by atoms with Crippen LogP contribution in [0.25, 0.3) is 0 Å². The number of hydrogen-bond acceptors (Lipinski definition) is 3. The van der Waals surface area contributed by atoms with Gasteiger partial charge >= 0.3 is 6.18 Å².